The molecule has 0 aliphatic carbocycles. The molecule has 2 aliphatic heterocycles. The zero-order valence-corrected chi connectivity index (χ0v) is 10.7. The maximum Gasteiger partial charge on any atom is 0.0613 e. The highest BCUT2D eigenvalue weighted by Gasteiger charge is 2.30. The van der Waals surface area contributed by atoms with E-state index in [1.165, 1.54) is 38.9 Å². The molecule has 0 bridgehead atoms. The Morgan fingerprint density at radius 3 is 2.94 bits per heavy atom. The van der Waals surface area contributed by atoms with Crippen molar-refractivity contribution < 1.29 is 4.74 Å². The molecule has 3 nitrogen and oxygen atoms in total. The van der Waals surface area contributed by atoms with Crippen LogP contribution in [0.2, 0.25) is 0 Å². The van der Waals surface area contributed by atoms with E-state index in [2.05, 4.69) is 24.1 Å². The molecular weight excluding hydrogens is 200 g/mol. The third-order valence-corrected chi connectivity index (χ3v) is 4.01. The second-order valence-corrected chi connectivity index (χ2v) is 5.17. The second kappa shape index (κ2) is 5.99. The lowest BCUT2D eigenvalue weighted by Crippen LogP contribution is -2.35. The van der Waals surface area contributed by atoms with E-state index in [1.54, 1.807) is 0 Å². The first-order valence-electron chi connectivity index (χ1n) is 6.90. The average Bonchev–Trinajstić information content (AvgIpc) is 2.89. The summed E-state index contributed by atoms with van der Waals surface area (Å²) in [5.74, 6) is 0.783. The Hall–Kier alpha value is -0.120. The number of rotatable bonds is 5. The van der Waals surface area contributed by atoms with Gasteiger partial charge in [-0.25, -0.2) is 0 Å². The van der Waals surface area contributed by atoms with Crippen LogP contribution in [-0.2, 0) is 4.74 Å². The van der Waals surface area contributed by atoms with E-state index in [0.717, 1.165) is 25.1 Å². The molecule has 2 saturated heterocycles. The van der Waals surface area contributed by atoms with Crippen LogP contribution < -0.4 is 5.32 Å². The Balaban J connectivity index is 1.74. The van der Waals surface area contributed by atoms with Crippen molar-refractivity contribution in [1.29, 1.82) is 0 Å². The van der Waals surface area contributed by atoms with Crippen molar-refractivity contribution in [2.75, 3.05) is 32.8 Å². The predicted molar refractivity (Wildman–Crippen MR) is 66.7 cm³/mol. The molecule has 2 heterocycles. The molecule has 3 unspecified atom stereocenters. The standard InChI is InChI=1S/C13H26N2O/c1-3-13-11(6-8-16-13)9-15-7-5-12(10-15)14-4-2/h11-14H,3-10H2,1-2H3. The Bertz CT molecular complexity index is 210. The second-order valence-electron chi connectivity index (χ2n) is 5.17. The first-order chi connectivity index (χ1) is 7.83. The van der Waals surface area contributed by atoms with Gasteiger partial charge < -0.3 is 15.0 Å². The lowest BCUT2D eigenvalue weighted by atomic mass is 9.99. The van der Waals surface area contributed by atoms with Crippen molar-refractivity contribution >= 4 is 0 Å². The van der Waals surface area contributed by atoms with Gasteiger partial charge in [0.2, 0.25) is 0 Å². The molecule has 16 heavy (non-hydrogen) atoms. The summed E-state index contributed by atoms with van der Waals surface area (Å²) < 4.78 is 5.76. The van der Waals surface area contributed by atoms with E-state index < -0.39 is 0 Å². The van der Waals surface area contributed by atoms with Crippen molar-refractivity contribution in [2.45, 2.75) is 45.3 Å². The van der Waals surface area contributed by atoms with Gasteiger partial charge in [-0.05, 0) is 38.3 Å². The van der Waals surface area contributed by atoms with Gasteiger partial charge in [0.05, 0.1) is 6.10 Å². The normalized spacial score (nSPS) is 36.0. The molecule has 2 fully saturated rings. The minimum Gasteiger partial charge on any atom is -0.378 e. The van der Waals surface area contributed by atoms with E-state index in [0.29, 0.717) is 6.10 Å². The number of nitrogens with one attached hydrogen (secondary N) is 1. The van der Waals surface area contributed by atoms with Gasteiger partial charge in [-0.1, -0.05) is 13.8 Å². The number of likely N-dealkylation sites (N-methyl/N-ethyl adjacent to an activating group) is 1. The molecule has 3 heteroatoms. The van der Waals surface area contributed by atoms with Crippen LogP contribution in [0.25, 0.3) is 0 Å². The summed E-state index contributed by atoms with van der Waals surface area (Å²) in [7, 11) is 0. The van der Waals surface area contributed by atoms with Crippen LogP contribution in [0, 0.1) is 5.92 Å². The van der Waals surface area contributed by atoms with E-state index in [-0.39, 0.29) is 0 Å². The van der Waals surface area contributed by atoms with Crippen molar-refractivity contribution in [2.24, 2.45) is 5.92 Å². The number of hydrogen-bond donors (Lipinski definition) is 1. The smallest absolute Gasteiger partial charge is 0.0613 e. The number of hydrogen-bond acceptors (Lipinski definition) is 3. The van der Waals surface area contributed by atoms with Crippen LogP contribution in [0.4, 0.5) is 0 Å². The summed E-state index contributed by atoms with van der Waals surface area (Å²) >= 11 is 0. The fourth-order valence-electron chi connectivity index (χ4n) is 3.14. The maximum absolute atomic E-state index is 5.76. The highest BCUT2D eigenvalue weighted by atomic mass is 16.5. The summed E-state index contributed by atoms with van der Waals surface area (Å²) in [6.45, 7) is 10.3. The first kappa shape index (κ1) is 12.3. The van der Waals surface area contributed by atoms with Gasteiger partial charge in [0.25, 0.3) is 0 Å². The summed E-state index contributed by atoms with van der Waals surface area (Å²) in [5.41, 5.74) is 0. The Kier molecular flexibility index (Phi) is 4.62. The van der Waals surface area contributed by atoms with Crippen LogP contribution in [0.1, 0.15) is 33.1 Å². The molecule has 0 aromatic rings. The lowest BCUT2D eigenvalue weighted by molar-refractivity contribution is 0.0780. The maximum atomic E-state index is 5.76. The van der Waals surface area contributed by atoms with Gasteiger partial charge in [-0.2, -0.15) is 0 Å². The Morgan fingerprint density at radius 2 is 2.19 bits per heavy atom. The zero-order valence-electron chi connectivity index (χ0n) is 10.7. The van der Waals surface area contributed by atoms with Crippen molar-refractivity contribution in [3.05, 3.63) is 0 Å². The summed E-state index contributed by atoms with van der Waals surface area (Å²) in [6.07, 6.45) is 4.28. The van der Waals surface area contributed by atoms with E-state index in [9.17, 15) is 0 Å². The molecule has 0 aromatic heterocycles. The highest BCUT2D eigenvalue weighted by Crippen LogP contribution is 2.25. The fraction of sp³-hybridized carbons (Fsp3) is 1.00. The first-order valence-corrected chi connectivity index (χ1v) is 6.90. The van der Waals surface area contributed by atoms with Crippen LogP contribution in [0.5, 0.6) is 0 Å². The molecule has 0 amide bonds. The topological polar surface area (TPSA) is 24.5 Å². The third kappa shape index (κ3) is 2.96. The van der Waals surface area contributed by atoms with Gasteiger partial charge in [-0.3, -0.25) is 0 Å². The quantitative estimate of drug-likeness (QED) is 0.768. The minimum absolute atomic E-state index is 0.526. The van der Waals surface area contributed by atoms with Crippen molar-refractivity contribution in [1.82, 2.24) is 10.2 Å². The highest BCUT2D eigenvalue weighted by molar-refractivity contribution is 4.85. The Labute approximate surface area is 99.5 Å². The molecule has 0 spiro atoms. The predicted octanol–water partition coefficient (Wildman–Crippen LogP) is 1.49. The van der Waals surface area contributed by atoms with Gasteiger partial charge in [-0.15, -0.1) is 0 Å². The van der Waals surface area contributed by atoms with E-state index >= 15 is 0 Å². The summed E-state index contributed by atoms with van der Waals surface area (Å²) in [5, 5.41) is 3.55. The van der Waals surface area contributed by atoms with Crippen molar-refractivity contribution in [3.63, 3.8) is 0 Å². The number of ether oxygens (including phenoxy) is 1. The van der Waals surface area contributed by atoms with E-state index in [4.69, 9.17) is 4.74 Å². The van der Waals surface area contributed by atoms with Crippen LogP contribution in [0.3, 0.4) is 0 Å². The largest absolute Gasteiger partial charge is 0.378 e. The summed E-state index contributed by atoms with van der Waals surface area (Å²) in [6, 6.07) is 0.729. The Morgan fingerprint density at radius 1 is 1.31 bits per heavy atom. The van der Waals surface area contributed by atoms with Crippen LogP contribution in [-0.4, -0.2) is 49.8 Å². The molecule has 94 valence electrons. The third-order valence-electron chi connectivity index (χ3n) is 4.01. The van der Waals surface area contributed by atoms with E-state index in [1.807, 2.05) is 0 Å². The summed E-state index contributed by atoms with van der Waals surface area (Å²) in [4.78, 5) is 2.62. The fourth-order valence-corrected chi connectivity index (χ4v) is 3.14. The van der Waals surface area contributed by atoms with Gasteiger partial charge >= 0.3 is 0 Å². The molecule has 0 aromatic carbocycles. The molecule has 0 saturated carbocycles. The molecule has 2 rings (SSSR count). The number of nitrogens with zero attached hydrogens (tertiary/aromatic N) is 1. The van der Waals surface area contributed by atoms with Gasteiger partial charge in [0, 0.05) is 25.7 Å². The number of likely N-dealkylation sites (tertiary alicyclic amines) is 1. The molecule has 2 aliphatic rings. The van der Waals surface area contributed by atoms with Crippen molar-refractivity contribution in [3.8, 4) is 0 Å². The molecule has 1 N–H and O–H groups in total. The lowest BCUT2D eigenvalue weighted by Gasteiger charge is -2.23. The minimum atomic E-state index is 0.526. The van der Waals surface area contributed by atoms with Gasteiger partial charge in [0.15, 0.2) is 0 Å². The average molecular weight is 226 g/mol. The van der Waals surface area contributed by atoms with Gasteiger partial charge in [0.1, 0.15) is 0 Å². The van der Waals surface area contributed by atoms with Crippen LogP contribution >= 0.6 is 0 Å². The monoisotopic (exact) mass is 226 g/mol. The SMILES string of the molecule is CCNC1CCN(CC2CCOC2CC)C1. The molecule has 3 atom stereocenters. The molecule has 0 radical (unpaired) electrons. The zero-order chi connectivity index (χ0) is 11.4. The molecular formula is C13H26N2O. The van der Waals surface area contributed by atoms with Crippen LogP contribution in [0.15, 0.2) is 0 Å².